The minimum Gasteiger partial charge on any atom is -0.497 e. The van der Waals surface area contributed by atoms with Gasteiger partial charge in [0.25, 0.3) is 0 Å². The van der Waals surface area contributed by atoms with Gasteiger partial charge in [-0.05, 0) is 49.7 Å². The van der Waals surface area contributed by atoms with Gasteiger partial charge in [-0.3, -0.25) is 0 Å². The van der Waals surface area contributed by atoms with Crippen LogP contribution in [0.1, 0.15) is 13.8 Å². The summed E-state index contributed by atoms with van der Waals surface area (Å²) < 4.78 is 5.18. The Morgan fingerprint density at radius 2 is 1.83 bits per heavy atom. The lowest BCUT2D eigenvalue weighted by Gasteiger charge is -2.28. The van der Waals surface area contributed by atoms with Gasteiger partial charge < -0.3 is 15.0 Å². The van der Waals surface area contributed by atoms with Crippen molar-refractivity contribution in [3.05, 3.63) is 24.3 Å². The summed E-state index contributed by atoms with van der Waals surface area (Å²) in [6.07, 6.45) is 0. The molecular formula is C15H26N2O. The van der Waals surface area contributed by atoms with Crippen LogP contribution in [0.15, 0.2) is 24.3 Å². The predicted octanol–water partition coefficient (Wildman–Crippen LogP) is 2.62. The second-order valence-electron chi connectivity index (χ2n) is 5.14. The van der Waals surface area contributed by atoms with E-state index in [1.54, 1.807) is 7.11 Å². The van der Waals surface area contributed by atoms with Gasteiger partial charge in [0, 0.05) is 19.3 Å². The minimum absolute atomic E-state index is 0.655. The summed E-state index contributed by atoms with van der Waals surface area (Å²) in [5, 5.41) is 3.28. The van der Waals surface area contributed by atoms with Crippen LogP contribution in [0.4, 0.5) is 5.69 Å². The van der Waals surface area contributed by atoms with Gasteiger partial charge in [-0.1, -0.05) is 13.8 Å². The number of nitrogens with zero attached hydrogens (tertiary/aromatic N) is 1. The highest BCUT2D eigenvalue weighted by Gasteiger charge is 2.15. The molecule has 0 aliphatic heterocycles. The lowest BCUT2D eigenvalue weighted by atomic mass is 9.95. The van der Waals surface area contributed by atoms with Gasteiger partial charge >= 0.3 is 0 Å². The highest BCUT2D eigenvalue weighted by Crippen LogP contribution is 2.20. The van der Waals surface area contributed by atoms with E-state index < -0.39 is 0 Å². The van der Waals surface area contributed by atoms with Crippen LogP contribution in [-0.4, -0.2) is 34.3 Å². The van der Waals surface area contributed by atoms with E-state index >= 15 is 0 Å². The van der Waals surface area contributed by atoms with Crippen LogP contribution in [0.2, 0.25) is 0 Å². The van der Waals surface area contributed by atoms with Crippen molar-refractivity contribution >= 4 is 5.69 Å². The largest absolute Gasteiger partial charge is 0.497 e. The smallest absolute Gasteiger partial charge is 0.119 e. The molecule has 0 spiro atoms. The van der Waals surface area contributed by atoms with Crippen molar-refractivity contribution in [3.8, 4) is 5.75 Å². The number of anilines is 1. The van der Waals surface area contributed by atoms with E-state index in [1.165, 1.54) is 5.69 Å². The number of methoxy groups -OCH3 is 1. The summed E-state index contributed by atoms with van der Waals surface area (Å²) in [7, 11) is 5.86. The van der Waals surface area contributed by atoms with Gasteiger partial charge in [0.05, 0.1) is 7.11 Å². The number of rotatable bonds is 7. The SMILES string of the molecule is CNCC(CN(C)c1ccc(OC)cc1)C(C)C. The average Bonchev–Trinajstić information content (AvgIpc) is 2.38. The molecular weight excluding hydrogens is 224 g/mol. The van der Waals surface area contributed by atoms with Crippen molar-refractivity contribution in [2.24, 2.45) is 11.8 Å². The molecule has 0 aromatic heterocycles. The number of hydrogen-bond acceptors (Lipinski definition) is 3. The van der Waals surface area contributed by atoms with Crippen LogP contribution in [0.3, 0.4) is 0 Å². The predicted molar refractivity (Wildman–Crippen MR) is 78.5 cm³/mol. The van der Waals surface area contributed by atoms with Gasteiger partial charge in [0.2, 0.25) is 0 Å². The number of nitrogens with one attached hydrogen (secondary N) is 1. The first-order valence-corrected chi connectivity index (χ1v) is 6.58. The van der Waals surface area contributed by atoms with Crippen molar-refractivity contribution in [2.75, 3.05) is 39.2 Å². The fourth-order valence-electron chi connectivity index (χ4n) is 2.07. The molecule has 1 aromatic carbocycles. The Morgan fingerprint density at radius 3 is 2.28 bits per heavy atom. The monoisotopic (exact) mass is 250 g/mol. The number of hydrogen-bond donors (Lipinski definition) is 1. The fraction of sp³-hybridized carbons (Fsp3) is 0.600. The van der Waals surface area contributed by atoms with Crippen molar-refractivity contribution in [1.29, 1.82) is 0 Å². The van der Waals surface area contributed by atoms with E-state index in [9.17, 15) is 0 Å². The molecule has 0 heterocycles. The molecule has 1 unspecified atom stereocenters. The normalized spacial score (nSPS) is 12.6. The van der Waals surface area contributed by atoms with E-state index in [0.717, 1.165) is 18.8 Å². The first kappa shape index (κ1) is 14.8. The Hall–Kier alpha value is -1.22. The molecule has 102 valence electrons. The Bertz CT molecular complexity index is 335. The molecule has 18 heavy (non-hydrogen) atoms. The van der Waals surface area contributed by atoms with E-state index in [4.69, 9.17) is 4.74 Å². The lowest BCUT2D eigenvalue weighted by Crippen LogP contribution is -2.34. The average molecular weight is 250 g/mol. The third kappa shape index (κ3) is 4.22. The van der Waals surface area contributed by atoms with Crippen LogP contribution >= 0.6 is 0 Å². The topological polar surface area (TPSA) is 24.5 Å². The summed E-state index contributed by atoms with van der Waals surface area (Å²) in [4.78, 5) is 2.31. The van der Waals surface area contributed by atoms with Crippen molar-refractivity contribution in [2.45, 2.75) is 13.8 Å². The van der Waals surface area contributed by atoms with Gasteiger partial charge in [0.1, 0.15) is 5.75 Å². The first-order valence-electron chi connectivity index (χ1n) is 6.58. The molecule has 3 nitrogen and oxygen atoms in total. The maximum atomic E-state index is 5.18. The van der Waals surface area contributed by atoms with E-state index in [1.807, 2.05) is 19.2 Å². The summed E-state index contributed by atoms with van der Waals surface area (Å²) in [6.45, 7) is 6.68. The molecule has 1 rings (SSSR count). The molecule has 1 N–H and O–H groups in total. The van der Waals surface area contributed by atoms with Crippen molar-refractivity contribution < 1.29 is 4.74 Å². The summed E-state index contributed by atoms with van der Waals surface area (Å²) in [5.41, 5.74) is 1.23. The minimum atomic E-state index is 0.655. The second-order valence-corrected chi connectivity index (χ2v) is 5.14. The maximum absolute atomic E-state index is 5.18. The zero-order chi connectivity index (χ0) is 13.5. The highest BCUT2D eigenvalue weighted by atomic mass is 16.5. The van der Waals surface area contributed by atoms with Gasteiger partial charge in [0.15, 0.2) is 0 Å². The highest BCUT2D eigenvalue weighted by molar-refractivity contribution is 5.48. The van der Waals surface area contributed by atoms with Crippen LogP contribution in [0.25, 0.3) is 0 Å². The van der Waals surface area contributed by atoms with Gasteiger partial charge in [-0.2, -0.15) is 0 Å². The summed E-state index contributed by atoms with van der Waals surface area (Å²) in [5.74, 6) is 2.24. The van der Waals surface area contributed by atoms with Crippen molar-refractivity contribution in [1.82, 2.24) is 5.32 Å². The summed E-state index contributed by atoms with van der Waals surface area (Å²) >= 11 is 0. The third-order valence-corrected chi connectivity index (χ3v) is 3.43. The zero-order valence-electron chi connectivity index (χ0n) is 12.2. The van der Waals surface area contributed by atoms with E-state index in [0.29, 0.717) is 11.8 Å². The second kappa shape index (κ2) is 7.27. The van der Waals surface area contributed by atoms with Crippen LogP contribution < -0.4 is 15.0 Å². The van der Waals surface area contributed by atoms with Gasteiger partial charge in [-0.25, -0.2) is 0 Å². The Balaban J connectivity index is 2.64. The molecule has 0 saturated heterocycles. The van der Waals surface area contributed by atoms with E-state index in [-0.39, 0.29) is 0 Å². The zero-order valence-corrected chi connectivity index (χ0v) is 12.2. The maximum Gasteiger partial charge on any atom is 0.119 e. The quantitative estimate of drug-likeness (QED) is 0.805. The molecule has 1 aromatic rings. The van der Waals surface area contributed by atoms with Gasteiger partial charge in [-0.15, -0.1) is 0 Å². The van der Waals surface area contributed by atoms with Crippen LogP contribution in [0.5, 0.6) is 5.75 Å². The number of benzene rings is 1. The molecule has 0 bridgehead atoms. The Kier molecular flexibility index (Phi) is 5.99. The molecule has 3 heteroatoms. The molecule has 1 atom stereocenters. The van der Waals surface area contributed by atoms with Crippen LogP contribution in [-0.2, 0) is 0 Å². The Morgan fingerprint density at radius 1 is 1.22 bits per heavy atom. The molecule has 0 aliphatic carbocycles. The Labute approximate surface area is 111 Å². The molecule has 0 saturated carbocycles. The molecule has 0 aliphatic rings. The fourth-order valence-corrected chi connectivity index (χ4v) is 2.07. The molecule has 0 amide bonds. The van der Waals surface area contributed by atoms with E-state index in [2.05, 4.69) is 43.2 Å². The number of ether oxygens (including phenoxy) is 1. The van der Waals surface area contributed by atoms with Crippen LogP contribution in [0, 0.1) is 11.8 Å². The third-order valence-electron chi connectivity index (χ3n) is 3.43. The molecule has 0 radical (unpaired) electrons. The first-order chi connectivity index (χ1) is 8.58. The van der Waals surface area contributed by atoms with Crippen molar-refractivity contribution in [3.63, 3.8) is 0 Å². The summed E-state index contributed by atoms with van der Waals surface area (Å²) in [6, 6.07) is 8.23. The molecule has 0 fully saturated rings. The lowest BCUT2D eigenvalue weighted by molar-refractivity contribution is 0.376. The standard InChI is InChI=1S/C15H26N2O/c1-12(2)13(10-16-3)11-17(4)14-6-8-15(18-5)9-7-14/h6-9,12-13,16H,10-11H2,1-5H3.